The molecule has 0 saturated carbocycles. The Morgan fingerprint density at radius 2 is 2.07 bits per heavy atom. The minimum Gasteiger partial charge on any atom is -0.443 e. The van der Waals surface area contributed by atoms with Crippen LogP contribution in [-0.2, 0) is 23.3 Å². The Morgan fingerprint density at radius 3 is 2.73 bits per heavy atom. The Kier molecular flexibility index (Phi) is 9.61. The average molecular weight is 526 g/mol. The lowest BCUT2D eigenvalue weighted by molar-refractivity contribution is 0.0906. The number of halogens is 1. The lowest BCUT2D eigenvalue weighted by Crippen LogP contribution is -2.40. The van der Waals surface area contributed by atoms with Crippen LogP contribution in [0.15, 0.2) is 45.9 Å². The number of hydrogen-bond acceptors (Lipinski definition) is 4. The molecule has 166 valence electrons. The summed E-state index contributed by atoms with van der Waals surface area (Å²) in [5, 5.41) is 3.40. The van der Waals surface area contributed by atoms with E-state index in [9.17, 15) is 0 Å². The van der Waals surface area contributed by atoms with Gasteiger partial charge in [0.15, 0.2) is 5.96 Å². The van der Waals surface area contributed by atoms with Crippen molar-refractivity contribution in [1.29, 1.82) is 0 Å². The first-order chi connectivity index (χ1) is 14.0. The molecule has 7 heteroatoms. The minimum absolute atomic E-state index is 0. The number of hydrogen-bond donors (Lipinski definition) is 1. The van der Waals surface area contributed by atoms with Gasteiger partial charge in [0.1, 0.15) is 12.3 Å². The van der Waals surface area contributed by atoms with Crippen LogP contribution in [0.3, 0.4) is 0 Å². The van der Waals surface area contributed by atoms with Gasteiger partial charge in [-0.1, -0.05) is 51.1 Å². The second-order valence-electron chi connectivity index (χ2n) is 8.64. The summed E-state index contributed by atoms with van der Waals surface area (Å²) in [6.45, 7) is 13.1. The van der Waals surface area contributed by atoms with E-state index in [4.69, 9.17) is 14.1 Å². The quantitative estimate of drug-likeness (QED) is 0.325. The fourth-order valence-corrected chi connectivity index (χ4v) is 3.38. The molecule has 2 aromatic rings. The average Bonchev–Trinajstić information content (AvgIpc) is 3.36. The largest absolute Gasteiger partial charge is 0.443 e. The van der Waals surface area contributed by atoms with Crippen molar-refractivity contribution in [3.05, 3.63) is 53.7 Å². The summed E-state index contributed by atoms with van der Waals surface area (Å²) in [6, 6.07) is 10.3. The van der Waals surface area contributed by atoms with Crippen molar-refractivity contribution in [2.75, 3.05) is 26.2 Å². The van der Waals surface area contributed by atoms with Crippen molar-refractivity contribution < 1.29 is 9.15 Å². The third-order valence-electron chi connectivity index (χ3n) is 5.04. The van der Waals surface area contributed by atoms with Gasteiger partial charge in [0.25, 0.3) is 0 Å². The van der Waals surface area contributed by atoms with E-state index in [0.29, 0.717) is 25.0 Å². The molecule has 0 spiro atoms. The number of rotatable bonds is 7. The molecule has 30 heavy (non-hydrogen) atoms. The predicted octanol–water partition coefficient (Wildman–Crippen LogP) is 4.59. The van der Waals surface area contributed by atoms with Crippen LogP contribution in [0.2, 0.25) is 0 Å². The van der Waals surface area contributed by atoms with Crippen LogP contribution >= 0.6 is 24.0 Å². The number of nitrogens with zero attached hydrogens (tertiary/aromatic N) is 3. The lowest BCUT2D eigenvalue weighted by atomic mass is 9.94. The van der Waals surface area contributed by atoms with Gasteiger partial charge in [0.2, 0.25) is 5.89 Å². The van der Waals surface area contributed by atoms with E-state index in [-0.39, 0.29) is 29.4 Å². The normalized spacial score (nSPS) is 17.1. The maximum Gasteiger partial charge on any atom is 0.216 e. The van der Waals surface area contributed by atoms with Crippen molar-refractivity contribution >= 4 is 29.9 Å². The van der Waals surface area contributed by atoms with Gasteiger partial charge < -0.3 is 19.4 Å². The van der Waals surface area contributed by atoms with Crippen LogP contribution in [0.4, 0.5) is 0 Å². The van der Waals surface area contributed by atoms with Crippen LogP contribution in [0, 0.1) is 5.92 Å². The van der Waals surface area contributed by atoms with Gasteiger partial charge in [-0.2, -0.15) is 0 Å². The van der Waals surface area contributed by atoms with Crippen LogP contribution in [-0.4, -0.2) is 42.1 Å². The summed E-state index contributed by atoms with van der Waals surface area (Å²) in [4.78, 5) is 11.5. The van der Waals surface area contributed by atoms with Gasteiger partial charge in [-0.05, 0) is 18.9 Å². The van der Waals surface area contributed by atoms with Gasteiger partial charge in [0, 0.05) is 31.0 Å². The van der Waals surface area contributed by atoms with Gasteiger partial charge in [-0.25, -0.2) is 9.98 Å². The highest BCUT2D eigenvalue weighted by molar-refractivity contribution is 14.0. The Hall–Kier alpha value is -1.61. The molecular weight excluding hydrogens is 491 g/mol. The molecule has 0 bridgehead atoms. The highest BCUT2D eigenvalue weighted by atomic mass is 127. The summed E-state index contributed by atoms with van der Waals surface area (Å²) in [5.41, 5.74) is 1.18. The molecule has 3 rings (SSSR count). The van der Waals surface area contributed by atoms with Gasteiger partial charge in [-0.3, -0.25) is 0 Å². The van der Waals surface area contributed by atoms with Crippen molar-refractivity contribution in [2.45, 2.75) is 52.7 Å². The maximum absolute atomic E-state index is 5.94. The maximum atomic E-state index is 5.94. The highest BCUT2D eigenvalue weighted by Crippen LogP contribution is 2.23. The molecule has 1 aliphatic rings. The molecule has 0 radical (unpaired) electrons. The highest BCUT2D eigenvalue weighted by Gasteiger charge is 2.25. The second-order valence-corrected chi connectivity index (χ2v) is 8.64. The fourth-order valence-electron chi connectivity index (χ4n) is 3.38. The van der Waals surface area contributed by atoms with Crippen LogP contribution < -0.4 is 5.32 Å². The lowest BCUT2D eigenvalue weighted by Gasteiger charge is -2.21. The molecule has 1 fully saturated rings. The third kappa shape index (κ3) is 7.27. The van der Waals surface area contributed by atoms with Crippen molar-refractivity contribution in [2.24, 2.45) is 10.9 Å². The van der Waals surface area contributed by atoms with Crippen LogP contribution in [0.5, 0.6) is 0 Å². The number of likely N-dealkylation sites (tertiary alicyclic amines) is 1. The number of oxazole rings is 1. The molecule has 1 atom stereocenters. The topological polar surface area (TPSA) is 62.9 Å². The summed E-state index contributed by atoms with van der Waals surface area (Å²) in [7, 11) is 0. The van der Waals surface area contributed by atoms with Gasteiger partial charge in [0.05, 0.1) is 19.4 Å². The molecule has 1 aliphatic heterocycles. The van der Waals surface area contributed by atoms with Gasteiger partial charge >= 0.3 is 0 Å². The Morgan fingerprint density at radius 1 is 1.30 bits per heavy atom. The Balaban J connectivity index is 0.00000320. The van der Waals surface area contributed by atoms with Crippen molar-refractivity contribution in [1.82, 2.24) is 15.2 Å². The molecule has 6 nitrogen and oxygen atoms in total. The molecule has 1 aromatic carbocycles. The van der Waals surface area contributed by atoms with Crippen LogP contribution in [0.25, 0.3) is 0 Å². The van der Waals surface area contributed by atoms with Crippen molar-refractivity contribution in [3.8, 4) is 0 Å². The zero-order valence-corrected chi connectivity index (χ0v) is 20.9. The predicted molar refractivity (Wildman–Crippen MR) is 131 cm³/mol. The molecule has 1 unspecified atom stereocenters. The van der Waals surface area contributed by atoms with E-state index in [2.05, 4.69) is 55.0 Å². The molecule has 1 saturated heterocycles. The molecule has 1 aromatic heterocycles. The summed E-state index contributed by atoms with van der Waals surface area (Å²) in [5.74, 6) is 3.00. The Bertz CT molecular complexity index is 786. The first-order valence-electron chi connectivity index (χ1n) is 10.6. The van der Waals surface area contributed by atoms with E-state index in [0.717, 1.165) is 44.4 Å². The second kappa shape index (κ2) is 11.7. The fraction of sp³-hybridized carbons (Fsp3) is 0.565. The van der Waals surface area contributed by atoms with Crippen molar-refractivity contribution in [3.63, 3.8) is 0 Å². The molecule has 0 aliphatic carbocycles. The number of aliphatic imine (C=N–C) groups is 1. The third-order valence-corrected chi connectivity index (χ3v) is 5.04. The van der Waals surface area contributed by atoms with E-state index < -0.39 is 0 Å². The van der Waals surface area contributed by atoms with E-state index in [1.165, 1.54) is 5.56 Å². The zero-order chi connectivity index (χ0) is 20.7. The summed E-state index contributed by atoms with van der Waals surface area (Å²) >= 11 is 0. The standard InChI is InChI=1S/C23H34N4O2.HI/c1-5-24-22(26-14-21-25-13-20(29-21)23(2,3)4)27-12-11-19(15-27)17-28-16-18-9-7-6-8-10-18;/h6-10,13,19H,5,11-12,14-17H2,1-4H3,(H,24,26);1H. The van der Waals surface area contributed by atoms with E-state index in [1.54, 1.807) is 0 Å². The molecule has 1 N–H and O–H groups in total. The zero-order valence-electron chi connectivity index (χ0n) is 18.6. The SMILES string of the molecule is CCNC(=NCc1ncc(C(C)(C)C)o1)N1CCC(COCc2ccccc2)C1.I. The summed E-state index contributed by atoms with van der Waals surface area (Å²) < 4.78 is 11.8. The summed E-state index contributed by atoms with van der Waals surface area (Å²) in [6.07, 6.45) is 2.93. The molecular formula is C23H35IN4O2. The molecule has 2 heterocycles. The van der Waals surface area contributed by atoms with Gasteiger partial charge in [-0.15, -0.1) is 24.0 Å². The number of guanidine groups is 1. The number of aromatic nitrogens is 1. The first-order valence-corrected chi connectivity index (χ1v) is 10.6. The molecule has 0 amide bonds. The Labute approximate surface area is 197 Å². The van der Waals surface area contributed by atoms with E-state index >= 15 is 0 Å². The minimum atomic E-state index is -0.0403. The first kappa shape index (κ1) is 24.7. The smallest absolute Gasteiger partial charge is 0.216 e. The number of ether oxygens (including phenoxy) is 1. The number of benzene rings is 1. The van der Waals surface area contributed by atoms with E-state index in [1.807, 2.05) is 24.4 Å². The number of nitrogens with one attached hydrogen (secondary N) is 1. The monoisotopic (exact) mass is 526 g/mol. The van der Waals surface area contributed by atoms with Crippen LogP contribution in [0.1, 0.15) is 51.3 Å².